The molecule has 2 nitrogen and oxygen atoms in total. The van der Waals surface area contributed by atoms with Crippen molar-refractivity contribution in [3.8, 4) is 0 Å². The second-order valence-electron chi connectivity index (χ2n) is 7.21. The Morgan fingerprint density at radius 1 is 1.10 bits per heavy atom. The zero-order chi connectivity index (χ0) is 13.6. The molecule has 1 N–H and O–H groups in total. The van der Waals surface area contributed by atoms with Gasteiger partial charge in [0.15, 0.2) is 0 Å². The molecule has 0 aromatic heterocycles. The minimum absolute atomic E-state index is 0.161. The molecule has 2 heteroatoms. The van der Waals surface area contributed by atoms with Crippen molar-refractivity contribution < 1.29 is 5.11 Å². The van der Waals surface area contributed by atoms with Gasteiger partial charge in [0.1, 0.15) is 0 Å². The number of piperidine rings is 1. The lowest BCUT2D eigenvalue weighted by molar-refractivity contribution is -0.0396. The third-order valence-electron chi connectivity index (χ3n) is 5.89. The monoisotopic (exact) mass is 271 g/mol. The van der Waals surface area contributed by atoms with Crippen LogP contribution in [0, 0.1) is 11.3 Å². The molecule has 20 heavy (non-hydrogen) atoms. The molecule has 1 spiro atoms. The number of benzene rings is 1. The first-order chi connectivity index (χ1) is 9.77. The summed E-state index contributed by atoms with van der Waals surface area (Å²) >= 11 is 0. The molecule has 1 saturated carbocycles. The molecule has 1 unspecified atom stereocenters. The number of fused-ring (bicyclic) bond motifs is 1. The van der Waals surface area contributed by atoms with E-state index in [0.29, 0.717) is 0 Å². The fourth-order valence-corrected chi connectivity index (χ4v) is 4.25. The average Bonchev–Trinajstić information content (AvgIpc) is 3.30. The molecule has 108 valence electrons. The van der Waals surface area contributed by atoms with Crippen molar-refractivity contribution in [2.45, 2.75) is 44.6 Å². The van der Waals surface area contributed by atoms with Gasteiger partial charge in [-0.25, -0.2) is 0 Å². The van der Waals surface area contributed by atoms with E-state index in [1.54, 1.807) is 0 Å². The highest BCUT2D eigenvalue weighted by Crippen LogP contribution is 2.50. The normalized spacial score (nSPS) is 29.4. The van der Waals surface area contributed by atoms with E-state index < -0.39 is 0 Å². The molecule has 0 bridgehead atoms. The molecular weight excluding hydrogens is 246 g/mol. The largest absolute Gasteiger partial charge is 0.388 e. The van der Waals surface area contributed by atoms with Crippen LogP contribution in [-0.4, -0.2) is 29.6 Å². The Bertz CT molecular complexity index is 486. The predicted molar refractivity (Wildman–Crippen MR) is 80.6 cm³/mol. The third-order valence-corrected chi connectivity index (χ3v) is 5.89. The average molecular weight is 271 g/mol. The summed E-state index contributed by atoms with van der Waals surface area (Å²) < 4.78 is 0. The Balaban J connectivity index is 1.49. The summed E-state index contributed by atoms with van der Waals surface area (Å²) in [7, 11) is 0. The molecule has 2 fully saturated rings. The topological polar surface area (TPSA) is 23.5 Å². The summed E-state index contributed by atoms with van der Waals surface area (Å²) in [5.74, 6) is 0.987. The summed E-state index contributed by atoms with van der Waals surface area (Å²) in [4.78, 5) is 2.64. The predicted octanol–water partition coefficient (Wildman–Crippen LogP) is 3.16. The maximum absolute atomic E-state index is 10.9. The number of likely N-dealkylation sites (tertiary alicyclic amines) is 1. The van der Waals surface area contributed by atoms with Gasteiger partial charge in [-0.2, -0.15) is 0 Å². The van der Waals surface area contributed by atoms with E-state index in [1.807, 2.05) is 0 Å². The second kappa shape index (κ2) is 4.85. The van der Waals surface area contributed by atoms with E-state index in [0.717, 1.165) is 12.3 Å². The highest BCUT2D eigenvalue weighted by atomic mass is 16.3. The lowest BCUT2D eigenvalue weighted by atomic mass is 9.64. The van der Waals surface area contributed by atoms with Crippen LogP contribution in [0.4, 0.5) is 0 Å². The van der Waals surface area contributed by atoms with Crippen LogP contribution in [0.2, 0.25) is 0 Å². The fraction of sp³-hybridized carbons (Fsp3) is 0.667. The Hall–Kier alpha value is -0.860. The molecule has 1 atom stereocenters. The van der Waals surface area contributed by atoms with Crippen LogP contribution in [0.3, 0.4) is 0 Å². The lowest BCUT2D eigenvalue weighted by Gasteiger charge is -2.48. The number of hydrogen-bond donors (Lipinski definition) is 1. The first kappa shape index (κ1) is 12.8. The minimum Gasteiger partial charge on any atom is -0.388 e. The standard InChI is InChI=1S/C18H25NO/c20-17-16-4-2-1-3-15(16)7-8-18(17)9-11-19(12-10-18)13-14-5-6-14/h1-4,14,17,20H,5-13H2. The van der Waals surface area contributed by atoms with Crippen molar-refractivity contribution in [2.24, 2.45) is 11.3 Å². The Morgan fingerprint density at radius 2 is 1.85 bits per heavy atom. The molecule has 1 saturated heterocycles. The minimum atomic E-state index is -0.240. The van der Waals surface area contributed by atoms with Crippen molar-refractivity contribution in [2.75, 3.05) is 19.6 Å². The maximum atomic E-state index is 10.9. The van der Waals surface area contributed by atoms with Crippen LogP contribution in [-0.2, 0) is 6.42 Å². The number of aryl methyl sites for hydroxylation is 1. The summed E-state index contributed by atoms with van der Waals surface area (Å²) in [6, 6.07) is 8.50. The van der Waals surface area contributed by atoms with Crippen LogP contribution in [0.15, 0.2) is 24.3 Å². The molecule has 1 aromatic carbocycles. The van der Waals surface area contributed by atoms with Crippen molar-refractivity contribution in [3.63, 3.8) is 0 Å². The van der Waals surface area contributed by atoms with Gasteiger partial charge in [-0.3, -0.25) is 0 Å². The van der Waals surface area contributed by atoms with Crippen molar-refractivity contribution in [1.29, 1.82) is 0 Å². The third kappa shape index (κ3) is 2.19. The van der Waals surface area contributed by atoms with Crippen LogP contribution < -0.4 is 0 Å². The van der Waals surface area contributed by atoms with Gasteiger partial charge in [0.2, 0.25) is 0 Å². The summed E-state index contributed by atoms with van der Waals surface area (Å²) in [5.41, 5.74) is 2.73. The van der Waals surface area contributed by atoms with Gasteiger partial charge in [-0.05, 0) is 68.7 Å². The first-order valence-corrected chi connectivity index (χ1v) is 8.25. The van der Waals surface area contributed by atoms with Gasteiger partial charge < -0.3 is 10.0 Å². The Labute approximate surface area is 121 Å². The van der Waals surface area contributed by atoms with Crippen LogP contribution in [0.1, 0.15) is 49.3 Å². The number of aliphatic hydroxyl groups is 1. The van der Waals surface area contributed by atoms with E-state index in [4.69, 9.17) is 0 Å². The van der Waals surface area contributed by atoms with E-state index in [9.17, 15) is 5.11 Å². The van der Waals surface area contributed by atoms with Crippen molar-refractivity contribution in [1.82, 2.24) is 4.90 Å². The van der Waals surface area contributed by atoms with Gasteiger partial charge in [0.25, 0.3) is 0 Å². The molecular formula is C18H25NO. The van der Waals surface area contributed by atoms with Gasteiger partial charge in [0, 0.05) is 12.0 Å². The molecule has 2 aliphatic carbocycles. The van der Waals surface area contributed by atoms with Crippen molar-refractivity contribution in [3.05, 3.63) is 35.4 Å². The molecule has 0 radical (unpaired) electrons. The Morgan fingerprint density at radius 3 is 2.60 bits per heavy atom. The molecule has 3 aliphatic rings. The van der Waals surface area contributed by atoms with E-state index in [1.165, 1.54) is 62.9 Å². The zero-order valence-corrected chi connectivity index (χ0v) is 12.2. The van der Waals surface area contributed by atoms with E-state index in [-0.39, 0.29) is 11.5 Å². The van der Waals surface area contributed by atoms with Gasteiger partial charge in [-0.1, -0.05) is 24.3 Å². The van der Waals surface area contributed by atoms with Crippen molar-refractivity contribution >= 4 is 0 Å². The van der Waals surface area contributed by atoms with E-state index >= 15 is 0 Å². The fourth-order valence-electron chi connectivity index (χ4n) is 4.25. The SMILES string of the molecule is OC1c2ccccc2CCC12CCN(CC1CC1)CC2. The molecule has 4 rings (SSSR count). The number of hydrogen-bond acceptors (Lipinski definition) is 2. The summed E-state index contributed by atoms with van der Waals surface area (Å²) in [5, 5.41) is 10.9. The zero-order valence-electron chi connectivity index (χ0n) is 12.2. The highest BCUT2D eigenvalue weighted by Gasteiger charge is 2.44. The molecule has 1 aromatic rings. The van der Waals surface area contributed by atoms with Crippen LogP contribution in [0.5, 0.6) is 0 Å². The highest BCUT2D eigenvalue weighted by molar-refractivity contribution is 5.33. The summed E-state index contributed by atoms with van der Waals surface area (Å²) in [6.07, 6.45) is 7.31. The smallest absolute Gasteiger partial charge is 0.0849 e. The Kier molecular flexibility index (Phi) is 3.12. The first-order valence-electron chi connectivity index (χ1n) is 8.25. The molecule has 0 amide bonds. The summed E-state index contributed by atoms with van der Waals surface area (Å²) in [6.45, 7) is 3.69. The maximum Gasteiger partial charge on any atom is 0.0849 e. The van der Waals surface area contributed by atoms with E-state index in [2.05, 4.69) is 29.2 Å². The van der Waals surface area contributed by atoms with Gasteiger partial charge >= 0.3 is 0 Å². The lowest BCUT2D eigenvalue weighted by Crippen LogP contribution is -2.45. The molecule has 1 aliphatic heterocycles. The number of aliphatic hydroxyl groups excluding tert-OH is 1. The van der Waals surface area contributed by atoms with Gasteiger partial charge in [0.05, 0.1) is 6.10 Å². The quantitative estimate of drug-likeness (QED) is 0.893. The molecule has 1 heterocycles. The number of rotatable bonds is 2. The van der Waals surface area contributed by atoms with Crippen LogP contribution in [0.25, 0.3) is 0 Å². The number of nitrogens with zero attached hydrogens (tertiary/aromatic N) is 1. The second-order valence-corrected chi connectivity index (χ2v) is 7.21. The van der Waals surface area contributed by atoms with Crippen LogP contribution >= 0.6 is 0 Å². The van der Waals surface area contributed by atoms with Gasteiger partial charge in [-0.15, -0.1) is 0 Å².